The molecule has 2 heteroatoms. The predicted molar refractivity (Wildman–Crippen MR) is 61.7 cm³/mol. The number of rotatable bonds is 6. The Bertz CT molecular complexity index is 189. The first kappa shape index (κ1) is 12.5. The van der Waals surface area contributed by atoms with Crippen LogP contribution >= 0.6 is 0 Å². The van der Waals surface area contributed by atoms with Crippen LogP contribution < -0.4 is 0 Å². The molecule has 15 heavy (non-hydrogen) atoms. The number of carbonyl (C=O) groups is 1. The molecule has 1 heterocycles. The van der Waals surface area contributed by atoms with E-state index in [1.165, 1.54) is 32.1 Å². The molecule has 1 aliphatic heterocycles. The molecule has 1 aliphatic rings. The Kier molecular flexibility index (Phi) is 5.74. The van der Waals surface area contributed by atoms with E-state index >= 15 is 0 Å². The van der Waals surface area contributed by atoms with Gasteiger partial charge in [0, 0.05) is 6.42 Å². The molecule has 0 amide bonds. The smallest absolute Gasteiger partial charge is 0.306 e. The van der Waals surface area contributed by atoms with E-state index < -0.39 is 0 Å². The van der Waals surface area contributed by atoms with Gasteiger partial charge in [0.05, 0.1) is 0 Å². The molecule has 2 nitrogen and oxygen atoms in total. The number of carbonyl (C=O) groups excluding carboxylic acids is 1. The monoisotopic (exact) mass is 212 g/mol. The minimum atomic E-state index is 0.00616. The van der Waals surface area contributed by atoms with Gasteiger partial charge in [-0.1, -0.05) is 39.5 Å². The fourth-order valence-electron chi connectivity index (χ4n) is 2.17. The summed E-state index contributed by atoms with van der Waals surface area (Å²) in [6, 6.07) is 0. The maximum absolute atomic E-state index is 11.1. The topological polar surface area (TPSA) is 26.3 Å². The maximum atomic E-state index is 11.1. The molecule has 0 aromatic rings. The van der Waals surface area contributed by atoms with Crippen LogP contribution in [0.3, 0.4) is 0 Å². The summed E-state index contributed by atoms with van der Waals surface area (Å²) >= 11 is 0. The van der Waals surface area contributed by atoms with Gasteiger partial charge in [-0.05, 0) is 25.2 Å². The molecule has 0 N–H and O–H groups in total. The van der Waals surface area contributed by atoms with E-state index in [4.69, 9.17) is 4.74 Å². The second-order valence-electron chi connectivity index (χ2n) is 4.75. The van der Waals surface area contributed by atoms with Crippen molar-refractivity contribution in [2.24, 2.45) is 5.92 Å². The van der Waals surface area contributed by atoms with E-state index in [9.17, 15) is 4.79 Å². The van der Waals surface area contributed by atoms with E-state index in [0.29, 0.717) is 12.3 Å². The molecule has 1 rings (SSSR count). The molecule has 0 saturated carbocycles. The number of cyclic esters (lactones) is 1. The molecule has 0 aromatic carbocycles. The predicted octanol–water partition coefficient (Wildman–Crippen LogP) is 3.69. The molecule has 0 bridgehead atoms. The largest absolute Gasteiger partial charge is 0.462 e. The normalized spacial score (nSPS) is 26.4. The molecule has 88 valence electrons. The van der Waals surface area contributed by atoms with Crippen molar-refractivity contribution in [1.82, 2.24) is 0 Å². The van der Waals surface area contributed by atoms with E-state index in [1.807, 2.05) is 0 Å². The quantitative estimate of drug-likeness (QED) is 0.496. The minimum absolute atomic E-state index is 0.00616. The zero-order valence-electron chi connectivity index (χ0n) is 10.1. The van der Waals surface area contributed by atoms with Crippen LogP contribution in [0, 0.1) is 5.92 Å². The summed E-state index contributed by atoms with van der Waals surface area (Å²) in [5, 5.41) is 0. The number of esters is 1. The van der Waals surface area contributed by atoms with Gasteiger partial charge in [-0.3, -0.25) is 4.79 Å². The van der Waals surface area contributed by atoms with Crippen LogP contribution in [0.25, 0.3) is 0 Å². The van der Waals surface area contributed by atoms with Gasteiger partial charge in [-0.15, -0.1) is 0 Å². The Labute approximate surface area is 93.4 Å². The van der Waals surface area contributed by atoms with Gasteiger partial charge < -0.3 is 4.74 Å². The zero-order chi connectivity index (χ0) is 11.1. The van der Waals surface area contributed by atoms with Crippen LogP contribution in [-0.4, -0.2) is 12.1 Å². The summed E-state index contributed by atoms with van der Waals surface area (Å²) in [6.07, 6.45) is 9.34. The lowest BCUT2D eigenvalue weighted by atomic mass is 9.92. The average Bonchev–Trinajstić information content (AvgIpc) is 2.23. The Morgan fingerprint density at radius 2 is 2.00 bits per heavy atom. The van der Waals surface area contributed by atoms with Crippen molar-refractivity contribution in [3.05, 3.63) is 0 Å². The first-order valence-corrected chi connectivity index (χ1v) is 6.43. The standard InChI is InChI=1S/C13H24O2/c1-3-4-5-6-7-8-12-11(2)9-10-13(14)15-12/h11-12H,3-10H2,1-2H3. The highest BCUT2D eigenvalue weighted by molar-refractivity contribution is 5.70. The van der Waals surface area contributed by atoms with Crippen molar-refractivity contribution >= 4 is 5.97 Å². The first-order valence-electron chi connectivity index (χ1n) is 6.43. The van der Waals surface area contributed by atoms with Crippen molar-refractivity contribution < 1.29 is 9.53 Å². The van der Waals surface area contributed by atoms with Crippen LogP contribution in [-0.2, 0) is 9.53 Å². The van der Waals surface area contributed by atoms with Gasteiger partial charge in [-0.2, -0.15) is 0 Å². The Balaban J connectivity index is 2.10. The zero-order valence-corrected chi connectivity index (χ0v) is 10.1. The van der Waals surface area contributed by atoms with E-state index in [0.717, 1.165) is 12.8 Å². The third kappa shape index (κ3) is 4.67. The number of hydrogen-bond acceptors (Lipinski definition) is 2. The Morgan fingerprint density at radius 3 is 2.73 bits per heavy atom. The van der Waals surface area contributed by atoms with Gasteiger partial charge in [0.25, 0.3) is 0 Å². The second kappa shape index (κ2) is 6.86. The molecular formula is C13H24O2. The summed E-state index contributed by atoms with van der Waals surface area (Å²) in [5.41, 5.74) is 0. The summed E-state index contributed by atoms with van der Waals surface area (Å²) in [7, 11) is 0. The molecule has 1 saturated heterocycles. The third-order valence-corrected chi connectivity index (χ3v) is 3.31. The number of hydrogen-bond donors (Lipinski definition) is 0. The molecule has 0 aromatic heterocycles. The third-order valence-electron chi connectivity index (χ3n) is 3.31. The van der Waals surface area contributed by atoms with Crippen LogP contribution in [0.15, 0.2) is 0 Å². The Morgan fingerprint density at radius 1 is 1.27 bits per heavy atom. The van der Waals surface area contributed by atoms with Crippen molar-refractivity contribution in [3.63, 3.8) is 0 Å². The highest BCUT2D eigenvalue weighted by Gasteiger charge is 2.26. The molecule has 0 radical (unpaired) electrons. The lowest BCUT2D eigenvalue weighted by molar-refractivity contribution is -0.158. The van der Waals surface area contributed by atoms with Crippen molar-refractivity contribution in [1.29, 1.82) is 0 Å². The summed E-state index contributed by atoms with van der Waals surface area (Å²) < 4.78 is 5.37. The van der Waals surface area contributed by atoms with Crippen LogP contribution in [0.4, 0.5) is 0 Å². The fourth-order valence-corrected chi connectivity index (χ4v) is 2.17. The van der Waals surface area contributed by atoms with Crippen LogP contribution in [0.2, 0.25) is 0 Å². The van der Waals surface area contributed by atoms with Gasteiger partial charge in [-0.25, -0.2) is 0 Å². The molecule has 2 unspecified atom stereocenters. The van der Waals surface area contributed by atoms with Crippen molar-refractivity contribution in [2.75, 3.05) is 0 Å². The highest BCUT2D eigenvalue weighted by Crippen LogP contribution is 2.25. The van der Waals surface area contributed by atoms with Gasteiger partial charge in [0.15, 0.2) is 0 Å². The van der Waals surface area contributed by atoms with Crippen LogP contribution in [0.5, 0.6) is 0 Å². The fraction of sp³-hybridized carbons (Fsp3) is 0.923. The van der Waals surface area contributed by atoms with E-state index in [1.54, 1.807) is 0 Å². The Hall–Kier alpha value is -0.530. The minimum Gasteiger partial charge on any atom is -0.462 e. The average molecular weight is 212 g/mol. The molecule has 1 fully saturated rings. The molecule has 0 aliphatic carbocycles. The van der Waals surface area contributed by atoms with Gasteiger partial charge in [0.1, 0.15) is 6.10 Å². The molecule has 0 spiro atoms. The van der Waals surface area contributed by atoms with Gasteiger partial charge >= 0.3 is 5.97 Å². The SMILES string of the molecule is CCCCCCCC1OC(=O)CCC1C. The lowest BCUT2D eigenvalue weighted by Gasteiger charge is -2.28. The van der Waals surface area contributed by atoms with E-state index in [-0.39, 0.29) is 12.1 Å². The summed E-state index contributed by atoms with van der Waals surface area (Å²) in [4.78, 5) is 11.1. The number of unbranched alkanes of at least 4 members (excludes halogenated alkanes) is 4. The van der Waals surface area contributed by atoms with Crippen molar-refractivity contribution in [2.45, 2.75) is 71.3 Å². The highest BCUT2D eigenvalue weighted by atomic mass is 16.5. The van der Waals surface area contributed by atoms with Gasteiger partial charge in [0.2, 0.25) is 0 Å². The second-order valence-corrected chi connectivity index (χ2v) is 4.75. The molecule has 2 atom stereocenters. The number of ether oxygens (including phenoxy) is 1. The summed E-state index contributed by atoms with van der Waals surface area (Å²) in [6.45, 7) is 4.42. The molecular weight excluding hydrogens is 188 g/mol. The van der Waals surface area contributed by atoms with Crippen molar-refractivity contribution in [3.8, 4) is 0 Å². The van der Waals surface area contributed by atoms with E-state index in [2.05, 4.69) is 13.8 Å². The van der Waals surface area contributed by atoms with Crippen LogP contribution in [0.1, 0.15) is 65.2 Å². The first-order chi connectivity index (χ1) is 7.24. The maximum Gasteiger partial charge on any atom is 0.306 e. The lowest BCUT2D eigenvalue weighted by Crippen LogP contribution is -2.30. The summed E-state index contributed by atoms with van der Waals surface area (Å²) in [5.74, 6) is 0.570.